The molecule has 0 aromatic carbocycles. The van der Waals surface area contributed by atoms with E-state index in [9.17, 15) is 27.9 Å². The average molecular weight is 299 g/mol. The van der Waals surface area contributed by atoms with Crippen LogP contribution in [0.15, 0.2) is 0 Å². The van der Waals surface area contributed by atoms with Crippen LogP contribution in [0.2, 0.25) is 0 Å². The number of carbonyl (C=O) groups is 2. The van der Waals surface area contributed by atoms with Crippen molar-refractivity contribution in [3.63, 3.8) is 0 Å². The Morgan fingerprint density at radius 1 is 1.21 bits per heavy atom. The van der Waals surface area contributed by atoms with Gasteiger partial charge in [0.15, 0.2) is 0 Å². The number of halogens is 3. The lowest BCUT2D eigenvalue weighted by atomic mass is 9.81. The van der Waals surface area contributed by atoms with Gasteiger partial charge >= 0.3 is 12.1 Å². The molecule has 4 nitrogen and oxygen atoms in total. The molecule has 2 N–H and O–H groups in total. The van der Waals surface area contributed by atoms with E-state index in [1.807, 2.05) is 0 Å². The minimum Gasteiger partial charge on any atom is -0.480 e. The second kappa shape index (κ2) is 6.49. The molecule has 0 heterocycles. The van der Waals surface area contributed by atoms with Gasteiger partial charge in [-0.05, 0) is 12.8 Å². The molecule has 110 valence electrons. The van der Waals surface area contributed by atoms with Crippen LogP contribution in [0.5, 0.6) is 0 Å². The van der Waals surface area contributed by atoms with Gasteiger partial charge in [0.2, 0.25) is 5.91 Å². The summed E-state index contributed by atoms with van der Waals surface area (Å²) in [4.78, 5) is 22.8. The number of hydrogen-bond acceptors (Lipinski definition) is 3. The molecule has 0 aliphatic heterocycles. The minimum absolute atomic E-state index is 0.331. The van der Waals surface area contributed by atoms with Crippen LogP contribution in [-0.2, 0) is 9.59 Å². The smallest absolute Gasteiger partial charge is 0.397 e. The molecule has 0 atom stereocenters. The molecule has 0 aromatic heterocycles. The Morgan fingerprint density at radius 3 is 2.26 bits per heavy atom. The number of amides is 1. The van der Waals surface area contributed by atoms with E-state index in [0.717, 1.165) is 6.42 Å². The molecule has 0 aromatic rings. The van der Waals surface area contributed by atoms with Crippen LogP contribution in [0, 0.1) is 0 Å². The van der Waals surface area contributed by atoms with E-state index in [1.165, 1.54) is 0 Å². The SMILES string of the molecule is O=C(CSCC(F)(F)F)NC1(C(=O)O)CCCCC1. The molecule has 1 amide bonds. The summed E-state index contributed by atoms with van der Waals surface area (Å²) in [5.74, 6) is -3.26. The fourth-order valence-corrected chi connectivity index (χ4v) is 2.70. The third-order valence-corrected chi connectivity index (χ3v) is 3.99. The van der Waals surface area contributed by atoms with Crippen LogP contribution in [0.25, 0.3) is 0 Å². The molecule has 1 fully saturated rings. The summed E-state index contributed by atoms with van der Waals surface area (Å²) >= 11 is 0.437. The van der Waals surface area contributed by atoms with Crippen LogP contribution in [0.4, 0.5) is 13.2 Å². The van der Waals surface area contributed by atoms with E-state index in [2.05, 4.69) is 5.32 Å². The molecule has 1 aliphatic rings. The van der Waals surface area contributed by atoms with Gasteiger partial charge in [0, 0.05) is 0 Å². The number of rotatable bonds is 5. The van der Waals surface area contributed by atoms with Crippen molar-refractivity contribution >= 4 is 23.6 Å². The first-order valence-corrected chi connectivity index (χ1v) is 7.10. The standard InChI is InChI=1S/C11H16F3NO3S/c12-11(13,14)7-19-6-8(16)15-10(9(17)18)4-2-1-3-5-10/h1-7H2,(H,15,16)(H,17,18). The van der Waals surface area contributed by atoms with Crippen LogP contribution in [0.1, 0.15) is 32.1 Å². The molecular formula is C11H16F3NO3S. The Bertz CT molecular complexity index is 341. The van der Waals surface area contributed by atoms with Crippen molar-refractivity contribution in [3.8, 4) is 0 Å². The lowest BCUT2D eigenvalue weighted by Crippen LogP contribution is -2.56. The summed E-state index contributed by atoms with van der Waals surface area (Å²) in [6.07, 6.45) is -1.35. The first kappa shape index (κ1) is 16.1. The highest BCUT2D eigenvalue weighted by Crippen LogP contribution is 2.29. The third kappa shape index (κ3) is 5.30. The Kier molecular flexibility index (Phi) is 5.51. The predicted molar refractivity (Wildman–Crippen MR) is 65.0 cm³/mol. The van der Waals surface area contributed by atoms with Crippen molar-refractivity contribution in [2.24, 2.45) is 0 Å². The lowest BCUT2D eigenvalue weighted by Gasteiger charge is -2.33. The normalized spacial score (nSPS) is 18.9. The van der Waals surface area contributed by atoms with Crippen molar-refractivity contribution in [2.75, 3.05) is 11.5 Å². The Morgan fingerprint density at radius 2 is 1.79 bits per heavy atom. The van der Waals surface area contributed by atoms with Crippen molar-refractivity contribution in [1.82, 2.24) is 5.32 Å². The maximum atomic E-state index is 11.9. The van der Waals surface area contributed by atoms with Gasteiger partial charge in [-0.2, -0.15) is 13.2 Å². The van der Waals surface area contributed by atoms with Crippen molar-refractivity contribution in [1.29, 1.82) is 0 Å². The highest BCUT2D eigenvalue weighted by molar-refractivity contribution is 8.00. The molecule has 1 saturated carbocycles. The van der Waals surface area contributed by atoms with Gasteiger partial charge in [-0.15, -0.1) is 11.8 Å². The molecule has 0 bridgehead atoms. The van der Waals surface area contributed by atoms with E-state index >= 15 is 0 Å². The number of thioether (sulfide) groups is 1. The monoisotopic (exact) mass is 299 g/mol. The number of carbonyl (C=O) groups excluding carboxylic acids is 1. The van der Waals surface area contributed by atoms with E-state index in [4.69, 9.17) is 0 Å². The fourth-order valence-electron chi connectivity index (χ4n) is 2.11. The Hall–Kier alpha value is -0.920. The van der Waals surface area contributed by atoms with Crippen LogP contribution >= 0.6 is 11.8 Å². The van der Waals surface area contributed by atoms with Gasteiger partial charge in [-0.3, -0.25) is 4.79 Å². The zero-order chi connectivity index (χ0) is 14.5. The maximum absolute atomic E-state index is 11.9. The largest absolute Gasteiger partial charge is 0.480 e. The Balaban J connectivity index is 2.46. The van der Waals surface area contributed by atoms with Gasteiger partial charge in [0.25, 0.3) is 0 Å². The number of aliphatic carboxylic acids is 1. The number of alkyl halides is 3. The summed E-state index contributed by atoms with van der Waals surface area (Å²) < 4.78 is 35.8. The van der Waals surface area contributed by atoms with E-state index in [0.29, 0.717) is 37.4 Å². The van der Waals surface area contributed by atoms with Crippen LogP contribution < -0.4 is 5.32 Å². The zero-order valence-corrected chi connectivity index (χ0v) is 11.1. The highest BCUT2D eigenvalue weighted by atomic mass is 32.2. The summed E-state index contributed by atoms with van der Waals surface area (Å²) in [5, 5.41) is 11.6. The van der Waals surface area contributed by atoms with E-state index in [1.54, 1.807) is 0 Å². The van der Waals surface area contributed by atoms with Gasteiger partial charge in [0.05, 0.1) is 11.5 Å². The first-order valence-electron chi connectivity index (χ1n) is 5.94. The fraction of sp³-hybridized carbons (Fsp3) is 0.818. The topological polar surface area (TPSA) is 66.4 Å². The summed E-state index contributed by atoms with van der Waals surface area (Å²) in [6.45, 7) is 0. The molecule has 0 spiro atoms. The second-order valence-corrected chi connectivity index (χ2v) is 5.59. The number of nitrogens with one attached hydrogen (secondary N) is 1. The van der Waals surface area contributed by atoms with Crippen molar-refractivity contribution < 1.29 is 27.9 Å². The average Bonchev–Trinajstić information content (AvgIpc) is 2.28. The molecule has 0 unspecified atom stereocenters. The summed E-state index contributed by atoms with van der Waals surface area (Å²) in [5.41, 5.74) is -1.30. The molecule has 0 radical (unpaired) electrons. The number of carboxylic acid groups (broad SMARTS) is 1. The molecule has 0 saturated heterocycles. The Labute approximate surface area is 113 Å². The summed E-state index contributed by atoms with van der Waals surface area (Å²) in [7, 11) is 0. The molecule has 1 aliphatic carbocycles. The number of hydrogen-bond donors (Lipinski definition) is 2. The van der Waals surface area contributed by atoms with Gasteiger partial charge in [-0.1, -0.05) is 19.3 Å². The van der Waals surface area contributed by atoms with Gasteiger partial charge in [-0.25, -0.2) is 4.79 Å². The van der Waals surface area contributed by atoms with Crippen molar-refractivity contribution in [3.05, 3.63) is 0 Å². The predicted octanol–water partition coefficient (Wildman–Crippen LogP) is 2.19. The molecule has 1 rings (SSSR count). The summed E-state index contributed by atoms with van der Waals surface area (Å²) in [6, 6.07) is 0. The minimum atomic E-state index is -4.32. The van der Waals surface area contributed by atoms with Gasteiger partial charge < -0.3 is 10.4 Å². The second-order valence-electron chi connectivity index (χ2n) is 4.60. The van der Waals surface area contributed by atoms with Crippen LogP contribution in [0.3, 0.4) is 0 Å². The third-order valence-electron chi connectivity index (χ3n) is 2.99. The van der Waals surface area contributed by atoms with E-state index < -0.39 is 29.3 Å². The highest BCUT2D eigenvalue weighted by Gasteiger charge is 2.40. The van der Waals surface area contributed by atoms with Gasteiger partial charge in [0.1, 0.15) is 5.54 Å². The molecule has 8 heteroatoms. The van der Waals surface area contributed by atoms with Crippen LogP contribution in [-0.4, -0.2) is 40.2 Å². The van der Waals surface area contributed by atoms with Crippen molar-refractivity contribution in [2.45, 2.75) is 43.8 Å². The van der Waals surface area contributed by atoms with E-state index in [-0.39, 0.29) is 5.75 Å². The lowest BCUT2D eigenvalue weighted by molar-refractivity contribution is -0.148. The number of carboxylic acids is 1. The molecular weight excluding hydrogens is 283 g/mol. The maximum Gasteiger partial charge on any atom is 0.397 e. The first-order chi connectivity index (χ1) is 8.75. The quantitative estimate of drug-likeness (QED) is 0.816. The zero-order valence-electron chi connectivity index (χ0n) is 10.3. The molecule has 19 heavy (non-hydrogen) atoms.